The Morgan fingerprint density at radius 3 is 2.82 bits per heavy atom. The molecular weight excluding hydrogens is 152 g/mol. The van der Waals surface area contributed by atoms with Gasteiger partial charge in [-0.1, -0.05) is 0 Å². The van der Waals surface area contributed by atoms with Crippen molar-refractivity contribution < 1.29 is 8.78 Å². The van der Waals surface area contributed by atoms with Crippen molar-refractivity contribution in [2.24, 2.45) is 5.73 Å². The van der Waals surface area contributed by atoms with Crippen molar-refractivity contribution in [1.82, 2.24) is 9.78 Å². The lowest BCUT2D eigenvalue weighted by Gasteiger charge is -1.95. The van der Waals surface area contributed by atoms with E-state index in [2.05, 4.69) is 5.10 Å². The van der Waals surface area contributed by atoms with E-state index >= 15 is 0 Å². The molecule has 5 heteroatoms. The van der Waals surface area contributed by atoms with Gasteiger partial charge in [0.05, 0.1) is 6.20 Å². The van der Waals surface area contributed by atoms with Crippen LogP contribution in [0.25, 0.3) is 0 Å². The van der Waals surface area contributed by atoms with Crippen LogP contribution in [0.2, 0.25) is 0 Å². The monoisotopic (exact) mass is 161 g/mol. The van der Waals surface area contributed by atoms with E-state index < -0.39 is 6.55 Å². The van der Waals surface area contributed by atoms with Crippen LogP contribution in [0.15, 0.2) is 12.4 Å². The molecule has 0 bridgehead atoms. The Morgan fingerprint density at radius 2 is 2.36 bits per heavy atom. The minimum atomic E-state index is -2.55. The number of halogens is 2. The first-order valence-electron chi connectivity index (χ1n) is 3.25. The van der Waals surface area contributed by atoms with Crippen molar-refractivity contribution in [2.45, 2.75) is 13.0 Å². The molecule has 0 aliphatic rings. The number of hydrogen-bond donors (Lipinski definition) is 1. The zero-order valence-corrected chi connectivity index (χ0v) is 5.87. The van der Waals surface area contributed by atoms with Gasteiger partial charge in [-0.25, -0.2) is 4.68 Å². The highest BCUT2D eigenvalue weighted by Gasteiger charge is 2.05. The molecular formula is C6H9F2N3. The van der Waals surface area contributed by atoms with Crippen LogP contribution in [0, 0.1) is 0 Å². The quantitative estimate of drug-likeness (QED) is 0.711. The van der Waals surface area contributed by atoms with E-state index in [1.54, 1.807) is 0 Å². The van der Waals surface area contributed by atoms with E-state index in [9.17, 15) is 8.78 Å². The summed E-state index contributed by atoms with van der Waals surface area (Å²) < 4.78 is 24.4. The van der Waals surface area contributed by atoms with Gasteiger partial charge >= 0.3 is 6.55 Å². The van der Waals surface area contributed by atoms with Crippen LogP contribution in [-0.4, -0.2) is 16.3 Å². The van der Waals surface area contributed by atoms with Crippen LogP contribution < -0.4 is 5.73 Å². The molecule has 0 atom stereocenters. The number of nitrogens with two attached hydrogens (primary N) is 1. The summed E-state index contributed by atoms with van der Waals surface area (Å²) in [6, 6.07) is 0. The lowest BCUT2D eigenvalue weighted by molar-refractivity contribution is 0.0565. The number of alkyl halides is 2. The normalized spacial score (nSPS) is 10.9. The van der Waals surface area contributed by atoms with Gasteiger partial charge < -0.3 is 5.73 Å². The maximum atomic E-state index is 11.9. The fourth-order valence-corrected chi connectivity index (χ4v) is 0.780. The molecule has 1 heterocycles. The molecule has 0 saturated carbocycles. The second-order valence-electron chi connectivity index (χ2n) is 2.14. The summed E-state index contributed by atoms with van der Waals surface area (Å²) >= 11 is 0. The van der Waals surface area contributed by atoms with Crippen LogP contribution >= 0.6 is 0 Å². The third-order valence-electron chi connectivity index (χ3n) is 1.29. The molecule has 0 fully saturated rings. The molecule has 1 aromatic heterocycles. The maximum Gasteiger partial charge on any atom is 0.333 e. The molecule has 2 N–H and O–H groups in total. The Hall–Kier alpha value is -0.970. The minimum absolute atomic E-state index is 0.453. The van der Waals surface area contributed by atoms with Gasteiger partial charge in [-0.05, 0) is 18.5 Å². The third-order valence-corrected chi connectivity index (χ3v) is 1.29. The molecule has 0 aliphatic heterocycles. The Balaban J connectivity index is 2.66. The van der Waals surface area contributed by atoms with Gasteiger partial charge in [-0.2, -0.15) is 13.9 Å². The van der Waals surface area contributed by atoms with E-state index in [-0.39, 0.29) is 0 Å². The highest BCUT2D eigenvalue weighted by Crippen LogP contribution is 2.09. The predicted octanol–water partition coefficient (Wildman–Crippen LogP) is 0.779. The van der Waals surface area contributed by atoms with Crippen molar-refractivity contribution in [1.29, 1.82) is 0 Å². The zero-order chi connectivity index (χ0) is 8.27. The average molecular weight is 161 g/mol. The molecule has 0 unspecified atom stereocenters. The Morgan fingerprint density at radius 1 is 1.64 bits per heavy atom. The largest absolute Gasteiger partial charge is 0.333 e. The Labute approximate surface area is 62.8 Å². The summed E-state index contributed by atoms with van der Waals surface area (Å²) in [5.41, 5.74) is 5.96. The van der Waals surface area contributed by atoms with E-state index in [0.29, 0.717) is 17.6 Å². The molecule has 0 amide bonds. The molecule has 0 spiro atoms. The molecule has 0 aromatic carbocycles. The predicted molar refractivity (Wildman–Crippen MR) is 36.2 cm³/mol. The lowest BCUT2D eigenvalue weighted by atomic mass is 10.3. The highest BCUT2D eigenvalue weighted by atomic mass is 19.3. The molecule has 3 nitrogen and oxygen atoms in total. The SMILES string of the molecule is NCCc1cnn(C(F)F)c1. The molecule has 1 aromatic rings. The highest BCUT2D eigenvalue weighted by molar-refractivity contribution is 5.04. The second-order valence-corrected chi connectivity index (χ2v) is 2.14. The number of hydrogen-bond acceptors (Lipinski definition) is 2. The summed E-state index contributed by atoms with van der Waals surface area (Å²) in [6.45, 7) is -2.10. The molecule has 0 saturated heterocycles. The molecule has 0 radical (unpaired) electrons. The summed E-state index contributed by atoms with van der Waals surface area (Å²) in [4.78, 5) is 0. The summed E-state index contributed by atoms with van der Waals surface area (Å²) in [6.07, 6.45) is 3.29. The van der Waals surface area contributed by atoms with E-state index in [4.69, 9.17) is 5.73 Å². The van der Waals surface area contributed by atoms with E-state index in [1.165, 1.54) is 12.4 Å². The van der Waals surface area contributed by atoms with Crippen LogP contribution in [0.5, 0.6) is 0 Å². The molecule has 1 rings (SSSR count). The first kappa shape index (κ1) is 8.13. The van der Waals surface area contributed by atoms with Gasteiger partial charge in [0.2, 0.25) is 0 Å². The second kappa shape index (κ2) is 3.43. The fourth-order valence-electron chi connectivity index (χ4n) is 0.780. The van der Waals surface area contributed by atoms with Gasteiger partial charge in [0.15, 0.2) is 0 Å². The maximum absolute atomic E-state index is 11.9. The van der Waals surface area contributed by atoms with Gasteiger partial charge in [0.1, 0.15) is 0 Å². The van der Waals surface area contributed by atoms with Crippen molar-refractivity contribution in [3.05, 3.63) is 18.0 Å². The van der Waals surface area contributed by atoms with E-state index in [0.717, 1.165) is 5.56 Å². The molecule has 62 valence electrons. The van der Waals surface area contributed by atoms with Gasteiger partial charge in [-0.15, -0.1) is 0 Å². The molecule has 11 heavy (non-hydrogen) atoms. The van der Waals surface area contributed by atoms with Gasteiger partial charge in [-0.3, -0.25) is 0 Å². The lowest BCUT2D eigenvalue weighted by Crippen LogP contribution is -2.02. The van der Waals surface area contributed by atoms with Crippen molar-refractivity contribution >= 4 is 0 Å². The molecule has 0 aliphatic carbocycles. The van der Waals surface area contributed by atoms with Crippen molar-refractivity contribution in [3.8, 4) is 0 Å². The zero-order valence-electron chi connectivity index (χ0n) is 5.87. The first-order valence-corrected chi connectivity index (χ1v) is 3.25. The Kier molecular flexibility index (Phi) is 2.53. The van der Waals surface area contributed by atoms with Crippen LogP contribution in [0.4, 0.5) is 8.78 Å². The smallest absolute Gasteiger partial charge is 0.330 e. The standard InChI is InChI=1S/C6H9F2N3/c7-6(8)11-4-5(1-2-9)3-10-11/h3-4,6H,1-2,9H2. The summed E-state index contributed by atoms with van der Waals surface area (Å²) in [5, 5.41) is 3.45. The summed E-state index contributed by atoms with van der Waals surface area (Å²) in [5.74, 6) is 0. The summed E-state index contributed by atoms with van der Waals surface area (Å²) in [7, 11) is 0. The topological polar surface area (TPSA) is 43.8 Å². The van der Waals surface area contributed by atoms with Crippen LogP contribution in [0.1, 0.15) is 12.1 Å². The Bertz CT molecular complexity index is 221. The van der Waals surface area contributed by atoms with Gasteiger partial charge in [0, 0.05) is 6.20 Å². The first-order chi connectivity index (χ1) is 5.24. The third kappa shape index (κ3) is 1.98. The minimum Gasteiger partial charge on any atom is -0.330 e. The number of rotatable bonds is 3. The van der Waals surface area contributed by atoms with Crippen molar-refractivity contribution in [3.63, 3.8) is 0 Å². The number of aromatic nitrogens is 2. The van der Waals surface area contributed by atoms with Crippen LogP contribution in [0.3, 0.4) is 0 Å². The van der Waals surface area contributed by atoms with Crippen LogP contribution in [-0.2, 0) is 6.42 Å². The van der Waals surface area contributed by atoms with E-state index in [1.807, 2.05) is 0 Å². The average Bonchev–Trinajstić information content (AvgIpc) is 2.37. The fraction of sp³-hybridized carbons (Fsp3) is 0.500. The van der Waals surface area contributed by atoms with Gasteiger partial charge in [0.25, 0.3) is 0 Å². The van der Waals surface area contributed by atoms with Crippen molar-refractivity contribution in [2.75, 3.05) is 6.54 Å². The number of nitrogens with zero attached hydrogens (tertiary/aromatic N) is 2.